The first-order valence-corrected chi connectivity index (χ1v) is 15.8. The molecular weight excluding hydrogens is 563 g/mol. The predicted molar refractivity (Wildman–Crippen MR) is 194 cm³/mol. The van der Waals surface area contributed by atoms with E-state index in [9.17, 15) is 5.11 Å². The lowest BCUT2D eigenvalue weighted by Gasteiger charge is -2.37. The van der Waals surface area contributed by atoms with E-state index in [1.54, 1.807) is 13.8 Å². The highest BCUT2D eigenvalue weighted by Crippen LogP contribution is 2.41. The van der Waals surface area contributed by atoms with Gasteiger partial charge in [0.2, 0.25) is 0 Å². The van der Waals surface area contributed by atoms with Crippen LogP contribution in [0.2, 0.25) is 0 Å². The van der Waals surface area contributed by atoms with Gasteiger partial charge in [-0.2, -0.15) is 0 Å². The first kappa shape index (κ1) is 29.8. The Balaban J connectivity index is 1.41. The summed E-state index contributed by atoms with van der Waals surface area (Å²) >= 11 is 0. The Labute approximate surface area is 271 Å². The van der Waals surface area contributed by atoms with Crippen molar-refractivity contribution in [2.45, 2.75) is 38.9 Å². The number of furan rings is 1. The third-order valence-corrected chi connectivity index (χ3v) is 9.29. The maximum absolute atomic E-state index is 10.8. The summed E-state index contributed by atoms with van der Waals surface area (Å²) in [5, 5.41) is 13.0. The molecule has 0 bridgehead atoms. The summed E-state index contributed by atoms with van der Waals surface area (Å²) in [6, 6.07) is 49.0. The summed E-state index contributed by atoms with van der Waals surface area (Å²) in [4.78, 5) is 0. The van der Waals surface area contributed by atoms with E-state index in [-0.39, 0.29) is 0 Å². The molecule has 0 aliphatic rings. The van der Waals surface area contributed by atoms with Crippen molar-refractivity contribution in [1.82, 2.24) is 0 Å². The van der Waals surface area contributed by atoms with Crippen molar-refractivity contribution in [1.29, 1.82) is 0 Å². The molecule has 1 N–H and O–H groups in total. The molecule has 6 aromatic carbocycles. The smallest absolute Gasteiger partial charge is 0.309 e. The molecule has 4 heteroatoms. The second-order valence-electron chi connectivity index (χ2n) is 13.1. The number of aliphatic hydroxyl groups is 1. The molecule has 0 unspecified atom stereocenters. The van der Waals surface area contributed by atoms with Crippen LogP contribution < -0.4 is 5.46 Å². The molecule has 0 spiro atoms. The van der Waals surface area contributed by atoms with Crippen molar-refractivity contribution in [2.24, 2.45) is 0 Å². The van der Waals surface area contributed by atoms with E-state index in [2.05, 4.69) is 115 Å². The molecule has 1 aromatic heterocycles. The van der Waals surface area contributed by atoms with Crippen LogP contribution in [0.15, 0.2) is 144 Å². The van der Waals surface area contributed by atoms with Crippen LogP contribution in [0.4, 0.5) is 0 Å². The number of para-hydroxylation sites is 1. The van der Waals surface area contributed by atoms with Crippen molar-refractivity contribution in [3.63, 3.8) is 0 Å². The molecule has 7 aromatic rings. The minimum atomic E-state index is -1.01. The van der Waals surface area contributed by atoms with E-state index in [4.69, 9.17) is 9.07 Å². The average molecular weight is 601 g/mol. The maximum Gasteiger partial charge on any atom is 0.309 e. The van der Waals surface area contributed by atoms with Crippen molar-refractivity contribution in [3.05, 3.63) is 140 Å². The highest BCUT2D eigenvalue weighted by molar-refractivity contribution is 6.47. The second kappa shape index (κ2) is 11.8. The van der Waals surface area contributed by atoms with Gasteiger partial charge < -0.3 is 14.2 Å². The fourth-order valence-corrected chi connectivity index (χ4v) is 5.90. The molecule has 1 heterocycles. The van der Waals surface area contributed by atoms with Gasteiger partial charge in [-0.05, 0) is 96.5 Å². The van der Waals surface area contributed by atoms with Crippen LogP contribution in [0.3, 0.4) is 0 Å². The van der Waals surface area contributed by atoms with Crippen molar-refractivity contribution in [2.75, 3.05) is 0 Å². The normalized spacial score (nSPS) is 12.1. The van der Waals surface area contributed by atoms with Gasteiger partial charge in [0.05, 0.1) is 11.2 Å². The SMILES string of the molecule is CC(C)(O)C(C)(C)OBc1cc(-c2ccc(-c3ccccc3)cc2)cc(-c2cc(-c3ccccc3)cc3oc4ccccc4c23)c1. The molecule has 0 radical (unpaired) electrons. The maximum atomic E-state index is 10.8. The van der Waals surface area contributed by atoms with Gasteiger partial charge in [0, 0.05) is 10.8 Å². The standard InChI is InChI=1S/C42H37BO3/c1-41(2,44)42(3,4)46-43-35-24-32(31-21-19-30(20-22-31)28-13-7-5-8-14-28)23-34(25-35)37-26-33(29-15-9-6-10-16-29)27-39-40(37)36-17-11-12-18-38(36)45-39/h5-27,43-44H,1-4H3. The van der Waals surface area contributed by atoms with Crippen molar-refractivity contribution >= 4 is 34.9 Å². The fourth-order valence-electron chi connectivity index (χ4n) is 5.90. The summed E-state index contributed by atoms with van der Waals surface area (Å²) in [6.07, 6.45) is 0. The number of rotatable bonds is 8. The van der Waals surface area contributed by atoms with Crippen LogP contribution in [0.1, 0.15) is 27.7 Å². The average Bonchev–Trinajstić information content (AvgIpc) is 3.46. The zero-order valence-corrected chi connectivity index (χ0v) is 26.7. The Morgan fingerprint density at radius 2 is 1.04 bits per heavy atom. The molecule has 46 heavy (non-hydrogen) atoms. The Hall–Kier alpha value is -4.90. The summed E-state index contributed by atoms with van der Waals surface area (Å²) < 4.78 is 12.9. The van der Waals surface area contributed by atoms with E-state index in [0.29, 0.717) is 7.48 Å². The predicted octanol–water partition coefficient (Wildman–Crippen LogP) is 9.80. The summed E-state index contributed by atoms with van der Waals surface area (Å²) in [5.41, 5.74) is 10.0. The third-order valence-electron chi connectivity index (χ3n) is 9.29. The topological polar surface area (TPSA) is 42.6 Å². The monoisotopic (exact) mass is 600 g/mol. The lowest BCUT2D eigenvalue weighted by atomic mass is 9.79. The third kappa shape index (κ3) is 5.78. The fraction of sp³-hybridized carbons (Fsp3) is 0.143. The van der Waals surface area contributed by atoms with Crippen molar-refractivity contribution in [3.8, 4) is 44.5 Å². The molecule has 0 aliphatic carbocycles. The molecule has 7 rings (SSSR count). The molecule has 0 fully saturated rings. The quantitative estimate of drug-likeness (QED) is 0.177. The number of benzene rings is 6. The molecule has 0 amide bonds. The number of fused-ring (bicyclic) bond motifs is 3. The van der Waals surface area contributed by atoms with E-state index >= 15 is 0 Å². The van der Waals surface area contributed by atoms with Gasteiger partial charge in [0.15, 0.2) is 0 Å². The second-order valence-corrected chi connectivity index (χ2v) is 13.1. The van der Waals surface area contributed by atoms with Gasteiger partial charge in [-0.1, -0.05) is 121 Å². The first-order valence-electron chi connectivity index (χ1n) is 15.8. The lowest BCUT2D eigenvalue weighted by molar-refractivity contribution is -0.0893. The van der Waals surface area contributed by atoms with Gasteiger partial charge in [0.1, 0.15) is 11.2 Å². The minimum absolute atomic E-state index is 0.355. The Kier molecular flexibility index (Phi) is 7.64. The van der Waals surface area contributed by atoms with Gasteiger partial charge in [0.25, 0.3) is 0 Å². The van der Waals surface area contributed by atoms with E-state index < -0.39 is 11.2 Å². The van der Waals surface area contributed by atoms with E-state index in [0.717, 1.165) is 60.8 Å². The van der Waals surface area contributed by atoms with Crippen LogP contribution in [0.5, 0.6) is 0 Å². The van der Waals surface area contributed by atoms with Crippen LogP contribution in [-0.2, 0) is 4.65 Å². The van der Waals surface area contributed by atoms with Gasteiger partial charge in [-0.3, -0.25) is 0 Å². The minimum Gasteiger partial charge on any atom is -0.456 e. The number of hydrogen-bond acceptors (Lipinski definition) is 3. The highest BCUT2D eigenvalue weighted by Gasteiger charge is 2.35. The zero-order chi connectivity index (χ0) is 31.9. The zero-order valence-electron chi connectivity index (χ0n) is 26.7. The largest absolute Gasteiger partial charge is 0.456 e. The molecule has 0 saturated carbocycles. The first-order chi connectivity index (χ1) is 22.2. The van der Waals surface area contributed by atoms with Crippen LogP contribution in [0, 0.1) is 0 Å². The molecule has 0 aliphatic heterocycles. The number of hydrogen-bond donors (Lipinski definition) is 1. The summed E-state index contributed by atoms with van der Waals surface area (Å²) in [7, 11) is 0.355. The van der Waals surface area contributed by atoms with Gasteiger partial charge in [-0.15, -0.1) is 0 Å². The molecule has 3 nitrogen and oxygen atoms in total. The molecule has 0 saturated heterocycles. The summed E-state index contributed by atoms with van der Waals surface area (Å²) in [6.45, 7) is 7.45. The van der Waals surface area contributed by atoms with Crippen LogP contribution in [-0.4, -0.2) is 23.8 Å². The Morgan fingerprint density at radius 3 is 1.70 bits per heavy atom. The van der Waals surface area contributed by atoms with E-state index in [1.807, 2.05) is 38.1 Å². The summed E-state index contributed by atoms with van der Waals surface area (Å²) in [5.74, 6) is 0. The Bertz CT molecular complexity index is 2140. The van der Waals surface area contributed by atoms with Gasteiger partial charge in [-0.25, -0.2) is 0 Å². The van der Waals surface area contributed by atoms with E-state index in [1.165, 1.54) is 11.1 Å². The molecule has 0 atom stereocenters. The highest BCUT2D eigenvalue weighted by atomic mass is 16.5. The Morgan fingerprint density at radius 1 is 0.522 bits per heavy atom. The lowest BCUT2D eigenvalue weighted by Crippen LogP contribution is -2.49. The van der Waals surface area contributed by atoms with Crippen LogP contribution in [0.25, 0.3) is 66.4 Å². The molecule has 226 valence electrons. The van der Waals surface area contributed by atoms with Crippen LogP contribution >= 0.6 is 0 Å². The molecular formula is C42H37BO3. The van der Waals surface area contributed by atoms with Gasteiger partial charge >= 0.3 is 7.48 Å². The van der Waals surface area contributed by atoms with Crippen molar-refractivity contribution < 1.29 is 14.2 Å².